The maximum atomic E-state index is 12.2. The van der Waals surface area contributed by atoms with Crippen LogP contribution in [-0.4, -0.2) is 35.9 Å². The summed E-state index contributed by atoms with van der Waals surface area (Å²) in [7, 11) is 0. The number of rotatable bonds is 5. The number of hydrogen-bond donors (Lipinski definition) is 1. The normalized spacial score (nSPS) is 17.3. The standard InChI is InChI=1S/C19H16N2O5/c1-12(25-16-5-3-2-4-15(16)18(22)23)17-11-21(19(24)26-17)14-8-6-13(10-20)7-9-14/h2-9,12,17H,11H2,1H3,(H,22,23). The van der Waals surface area contributed by atoms with Crippen LogP contribution >= 0.6 is 0 Å². The van der Waals surface area contributed by atoms with Crippen molar-refractivity contribution in [1.29, 1.82) is 5.26 Å². The van der Waals surface area contributed by atoms with Gasteiger partial charge in [-0.15, -0.1) is 0 Å². The van der Waals surface area contributed by atoms with Crippen molar-refractivity contribution in [3.8, 4) is 11.8 Å². The fraction of sp³-hybridized carbons (Fsp3) is 0.211. The Kier molecular flexibility index (Phi) is 4.76. The van der Waals surface area contributed by atoms with Crippen molar-refractivity contribution in [3.05, 3.63) is 59.7 Å². The van der Waals surface area contributed by atoms with Crippen molar-refractivity contribution in [1.82, 2.24) is 0 Å². The van der Waals surface area contributed by atoms with Crippen LogP contribution in [-0.2, 0) is 4.74 Å². The Bertz CT molecular complexity index is 872. The first-order valence-electron chi connectivity index (χ1n) is 7.97. The van der Waals surface area contributed by atoms with Crippen LogP contribution < -0.4 is 9.64 Å². The summed E-state index contributed by atoms with van der Waals surface area (Å²) in [6, 6.07) is 14.9. The molecular weight excluding hydrogens is 336 g/mol. The number of nitrogens with zero attached hydrogens (tertiary/aromatic N) is 2. The van der Waals surface area contributed by atoms with E-state index in [0.717, 1.165) is 0 Å². The fourth-order valence-corrected chi connectivity index (χ4v) is 2.68. The van der Waals surface area contributed by atoms with E-state index in [2.05, 4.69) is 0 Å². The van der Waals surface area contributed by atoms with E-state index in [1.807, 2.05) is 6.07 Å². The number of carboxylic acid groups (broad SMARTS) is 1. The number of carbonyl (C=O) groups is 2. The van der Waals surface area contributed by atoms with E-state index in [4.69, 9.17) is 14.7 Å². The van der Waals surface area contributed by atoms with Crippen molar-refractivity contribution in [2.24, 2.45) is 0 Å². The minimum absolute atomic E-state index is 0.0487. The molecule has 0 aliphatic carbocycles. The smallest absolute Gasteiger partial charge is 0.414 e. The zero-order valence-corrected chi connectivity index (χ0v) is 14.0. The fourth-order valence-electron chi connectivity index (χ4n) is 2.68. The highest BCUT2D eigenvalue weighted by Gasteiger charge is 2.37. The first-order chi connectivity index (χ1) is 12.5. The highest BCUT2D eigenvalue weighted by molar-refractivity contribution is 5.91. The zero-order valence-electron chi connectivity index (χ0n) is 14.0. The first kappa shape index (κ1) is 17.3. The molecule has 1 saturated heterocycles. The van der Waals surface area contributed by atoms with E-state index < -0.39 is 24.3 Å². The van der Waals surface area contributed by atoms with Crippen LogP contribution in [0, 0.1) is 11.3 Å². The monoisotopic (exact) mass is 352 g/mol. The minimum atomic E-state index is -1.09. The van der Waals surface area contributed by atoms with Crippen molar-refractivity contribution in [2.45, 2.75) is 19.1 Å². The van der Waals surface area contributed by atoms with Gasteiger partial charge in [0.15, 0.2) is 6.10 Å². The van der Waals surface area contributed by atoms with Gasteiger partial charge in [-0.2, -0.15) is 5.26 Å². The maximum Gasteiger partial charge on any atom is 0.414 e. The third-order valence-corrected chi connectivity index (χ3v) is 4.10. The van der Waals surface area contributed by atoms with Gasteiger partial charge >= 0.3 is 12.1 Å². The average Bonchev–Trinajstić information content (AvgIpc) is 3.04. The van der Waals surface area contributed by atoms with Gasteiger partial charge in [-0.1, -0.05) is 12.1 Å². The van der Waals surface area contributed by atoms with E-state index in [1.165, 1.54) is 11.0 Å². The van der Waals surface area contributed by atoms with Crippen LogP contribution in [0.15, 0.2) is 48.5 Å². The number of para-hydroxylation sites is 1. The molecule has 7 heteroatoms. The number of carboxylic acids is 1. The number of anilines is 1. The minimum Gasteiger partial charge on any atom is -0.486 e. The Morgan fingerprint density at radius 2 is 2.00 bits per heavy atom. The number of benzene rings is 2. The first-order valence-corrected chi connectivity index (χ1v) is 7.97. The number of nitriles is 1. The molecule has 3 rings (SSSR count). The van der Waals surface area contributed by atoms with Gasteiger partial charge in [0, 0.05) is 5.69 Å². The largest absolute Gasteiger partial charge is 0.486 e. The second kappa shape index (κ2) is 7.15. The van der Waals surface area contributed by atoms with E-state index >= 15 is 0 Å². The molecule has 2 unspecified atom stereocenters. The van der Waals surface area contributed by atoms with E-state index in [1.54, 1.807) is 49.4 Å². The Hall–Kier alpha value is -3.53. The summed E-state index contributed by atoms with van der Waals surface area (Å²) in [4.78, 5) is 24.9. The molecule has 7 nitrogen and oxygen atoms in total. The second-order valence-electron chi connectivity index (χ2n) is 5.82. The van der Waals surface area contributed by atoms with Crippen LogP contribution in [0.4, 0.5) is 10.5 Å². The van der Waals surface area contributed by atoms with E-state index in [0.29, 0.717) is 11.3 Å². The van der Waals surface area contributed by atoms with E-state index in [-0.39, 0.29) is 17.9 Å². The molecule has 1 aliphatic heterocycles. The Balaban J connectivity index is 1.72. The van der Waals surface area contributed by atoms with Crippen LogP contribution in [0.2, 0.25) is 0 Å². The topological polar surface area (TPSA) is 99.9 Å². The van der Waals surface area contributed by atoms with Crippen molar-refractivity contribution >= 4 is 17.7 Å². The number of ether oxygens (including phenoxy) is 2. The molecule has 2 aromatic carbocycles. The summed E-state index contributed by atoms with van der Waals surface area (Å²) in [6.45, 7) is 1.99. The Labute approximate surface area is 150 Å². The van der Waals surface area contributed by atoms with Gasteiger partial charge in [0.2, 0.25) is 0 Å². The van der Waals surface area contributed by atoms with Crippen LogP contribution in [0.25, 0.3) is 0 Å². The third kappa shape index (κ3) is 3.44. The molecule has 2 atom stereocenters. The SMILES string of the molecule is CC(Oc1ccccc1C(=O)O)C1CN(c2ccc(C#N)cc2)C(=O)O1. The van der Waals surface area contributed by atoms with Gasteiger partial charge in [0.25, 0.3) is 0 Å². The van der Waals surface area contributed by atoms with E-state index in [9.17, 15) is 14.7 Å². The number of aromatic carboxylic acids is 1. The number of amides is 1. The molecule has 132 valence electrons. The molecule has 1 aliphatic rings. The quantitative estimate of drug-likeness (QED) is 0.888. The molecule has 0 spiro atoms. The van der Waals surface area contributed by atoms with Gasteiger partial charge in [0.1, 0.15) is 17.4 Å². The van der Waals surface area contributed by atoms with Crippen LogP contribution in [0.1, 0.15) is 22.8 Å². The van der Waals surface area contributed by atoms with Gasteiger partial charge in [-0.05, 0) is 43.3 Å². The lowest BCUT2D eigenvalue weighted by Crippen LogP contribution is -2.33. The lowest BCUT2D eigenvalue weighted by Gasteiger charge is -2.20. The number of carbonyl (C=O) groups excluding carboxylic acids is 1. The zero-order chi connectivity index (χ0) is 18.7. The van der Waals surface area contributed by atoms with Crippen molar-refractivity contribution in [3.63, 3.8) is 0 Å². The Morgan fingerprint density at radius 3 is 2.65 bits per heavy atom. The average molecular weight is 352 g/mol. The highest BCUT2D eigenvalue weighted by atomic mass is 16.6. The van der Waals surface area contributed by atoms with Gasteiger partial charge in [-0.3, -0.25) is 4.90 Å². The van der Waals surface area contributed by atoms with Gasteiger partial charge in [0.05, 0.1) is 18.2 Å². The number of hydrogen-bond acceptors (Lipinski definition) is 5. The predicted octanol–water partition coefficient (Wildman–Crippen LogP) is 3.05. The van der Waals surface area contributed by atoms with Gasteiger partial charge in [-0.25, -0.2) is 9.59 Å². The Morgan fingerprint density at radius 1 is 1.31 bits per heavy atom. The van der Waals surface area contributed by atoms with Gasteiger partial charge < -0.3 is 14.6 Å². The molecule has 0 bridgehead atoms. The van der Waals surface area contributed by atoms with Crippen molar-refractivity contribution in [2.75, 3.05) is 11.4 Å². The molecule has 1 amide bonds. The van der Waals surface area contributed by atoms with Crippen molar-refractivity contribution < 1.29 is 24.2 Å². The molecule has 1 fully saturated rings. The molecule has 0 saturated carbocycles. The summed E-state index contributed by atoms with van der Waals surface area (Å²) < 4.78 is 11.1. The molecule has 26 heavy (non-hydrogen) atoms. The van der Waals surface area contributed by atoms with Crippen LogP contribution in [0.3, 0.4) is 0 Å². The lowest BCUT2D eigenvalue weighted by molar-refractivity contribution is 0.0544. The van der Waals surface area contributed by atoms with Crippen LogP contribution in [0.5, 0.6) is 5.75 Å². The summed E-state index contributed by atoms with van der Waals surface area (Å²) in [5, 5.41) is 18.1. The molecule has 1 heterocycles. The molecule has 1 N–H and O–H groups in total. The molecule has 0 radical (unpaired) electrons. The number of cyclic esters (lactones) is 1. The lowest BCUT2D eigenvalue weighted by atomic mass is 10.1. The second-order valence-corrected chi connectivity index (χ2v) is 5.82. The molecular formula is C19H16N2O5. The summed E-state index contributed by atoms with van der Waals surface area (Å²) in [5.74, 6) is -0.865. The summed E-state index contributed by atoms with van der Waals surface area (Å²) in [5.41, 5.74) is 1.17. The molecule has 2 aromatic rings. The highest BCUT2D eigenvalue weighted by Crippen LogP contribution is 2.26. The summed E-state index contributed by atoms with van der Waals surface area (Å²) >= 11 is 0. The maximum absolute atomic E-state index is 12.2. The third-order valence-electron chi connectivity index (χ3n) is 4.10. The predicted molar refractivity (Wildman–Crippen MR) is 92.3 cm³/mol. The summed E-state index contributed by atoms with van der Waals surface area (Å²) in [6.07, 6.45) is -1.61. The molecule has 0 aromatic heterocycles.